The van der Waals surface area contributed by atoms with E-state index in [-0.39, 0.29) is 11.8 Å². The summed E-state index contributed by atoms with van der Waals surface area (Å²) in [6.07, 6.45) is 14.8. The third kappa shape index (κ3) is 5.14. The third-order valence-corrected chi connectivity index (χ3v) is 6.28. The highest BCUT2D eigenvalue weighted by Gasteiger charge is 2.30. The lowest BCUT2D eigenvalue weighted by Crippen LogP contribution is -2.34. The predicted molar refractivity (Wildman–Crippen MR) is 122 cm³/mol. The van der Waals surface area contributed by atoms with Crippen molar-refractivity contribution in [1.29, 1.82) is 0 Å². The summed E-state index contributed by atoms with van der Waals surface area (Å²) in [6, 6.07) is 10.6. The van der Waals surface area contributed by atoms with Crippen molar-refractivity contribution < 1.29 is 4.79 Å². The van der Waals surface area contributed by atoms with Crippen LogP contribution >= 0.6 is 0 Å². The quantitative estimate of drug-likeness (QED) is 0.645. The van der Waals surface area contributed by atoms with Crippen LogP contribution in [0.15, 0.2) is 60.5 Å². The average molecular weight is 391 g/mol. The summed E-state index contributed by atoms with van der Waals surface area (Å²) >= 11 is 0. The van der Waals surface area contributed by atoms with Gasteiger partial charge in [0.1, 0.15) is 0 Å². The Labute approximate surface area is 175 Å². The topological polar surface area (TPSA) is 42.0 Å². The largest absolute Gasteiger partial charge is 0.326 e. The van der Waals surface area contributed by atoms with Gasteiger partial charge in [0.25, 0.3) is 0 Å². The van der Waals surface area contributed by atoms with Gasteiger partial charge < -0.3 is 5.32 Å². The Bertz CT molecular complexity index is 870. The van der Waals surface area contributed by atoms with Gasteiger partial charge in [-0.15, -0.1) is 0 Å². The van der Waals surface area contributed by atoms with Gasteiger partial charge in [0.2, 0.25) is 5.91 Å². The van der Waals surface area contributed by atoms with Gasteiger partial charge in [0, 0.05) is 23.2 Å². The van der Waals surface area contributed by atoms with Crippen LogP contribution in [0.1, 0.15) is 70.8 Å². The molecule has 1 fully saturated rings. The molecule has 0 bridgehead atoms. The van der Waals surface area contributed by atoms with Gasteiger partial charge in [-0.3, -0.25) is 9.78 Å². The molecule has 0 aliphatic heterocycles. The fourth-order valence-corrected chi connectivity index (χ4v) is 4.58. The molecule has 29 heavy (non-hydrogen) atoms. The number of nitrogens with one attached hydrogen (secondary N) is 1. The molecule has 0 saturated heterocycles. The highest BCUT2D eigenvalue weighted by Crippen LogP contribution is 2.40. The smallest absolute Gasteiger partial charge is 0.227 e. The number of para-hydroxylation sites is 1. The van der Waals surface area contributed by atoms with E-state index in [9.17, 15) is 4.79 Å². The first-order valence-electron chi connectivity index (χ1n) is 11.2. The SMILES string of the molecule is CC.CC(C(=O)NC1=CCCC=C1)C1CCC(c2ccnc3ccccc23)CC1. The number of carbonyl (C=O) groups is 1. The molecule has 0 radical (unpaired) electrons. The lowest BCUT2D eigenvalue weighted by Gasteiger charge is -2.32. The number of hydrogen-bond donors (Lipinski definition) is 1. The summed E-state index contributed by atoms with van der Waals surface area (Å²) in [7, 11) is 0. The van der Waals surface area contributed by atoms with E-state index in [1.54, 1.807) is 0 Å². The number of aromatic nitrogens is 1. The number of rotatable bonds is 4. The van der Waals surface area contributed by atoms with Gasteiger partial charge in [-0.2, -0.15) is 0 Å². The second kappa shape index (κ2) is 10.4. The lowest BCUT2D eigenvalue weighted by atomic mass is 9.73. The van der Waals surface area contributed by atoms with E-state index >= 15 is 0 Å². The molecule has 2 aromatic rings. The highest BCUT2D eigenvalue weighted by atomic mass is 16.1. The van der Waals surface area contributed by atoms with Crippen LogP contribution in [0.3, 0.4) is 0 Å². The van der Waals surface area contributed by atoms with Crippen molar-refractivity contribution in [1.82, 2.24) is 10.3 Å². The van der Waals surface area contributed by atoms with Gasteiger partial charge in [0.15, 0.2) is 0 Å². The summed E-state index contributed by atoms with van der Waals surface area (Å²) in [5, 5.41) is 4.39. The second-order valence-electron chi connectivity index (χ2n) is 7.95. The number of pyridine rings is 1. The molecule has 1 saturated carbocycles. The van der Waals surface area contributed by atoms with Crippen LogP contribution in [-0.2, 0) is 4.79 Å². The molecule has 0 spiro atoms. The maximum absolute atomic E-state index is 12.6. The fraction of sp³-hybridized carbons (Fsp3) is 0.462. The molecular weight excluding hydrogens is 356 g/mol. The maximum Gasteiger partial charge on any atom is 0.227 e. The lowest BCUT2D eigenvalue weighted by molar-refractivity contribution is -0.125. The molecule has 1 aromatic carbocycles. The van der Waals surface area contributed by atoms with Crippen molar-refractivity contribution in [3.8, 4) is 0 Å². The summed E-state index contributed by atoms with van der Waals surface area (Å²) in [5.41, 5.74) is 3.47. The minimum absolute atomic E-state index is 0.0661. The first-order valence-corrected chi connectivity index (χ1v) is 11.2. The molecular formula is C26H34N2O. The van der Waals surface area contributed by atoms with Gasteiger partial charge >= 0.3 is 0 Å². The van der Waals surface area contributed by atoms with Crippen LogP contribution in [0.4, 0.5) is 0 Å². The Morgan fingerprint density at radius 1 is 1.07 bits per heavy atom. The van der Waals surface area contributed by atoms with Crippen molar-refractivity contribution in [3.05, 3.63) is 66.0 Å². The zero-order valence-electron chi connectivity index (χ0n) is 18.0. The number of fused-ring (bicyclic) bond motifs is 1. The van der Waals surface area contributed by atoms with Crippen LogP contribution in [0, 0.1) is 11.8 Å². The number of nitrogens with zero attached hydrogens (tertiary/aromatic N) is 1. The Balaban J connectivity index is 0.00000117. The molecule has 3 nitrogen and oxygen atoms in total. The molecule has 2 aliphatic rings. The Morgan fingerprint density at radius 2 is 1.83 bits per heavy atom. The molecule has 2 aliphatic carbocycles. The molecule has 3 heteroatoms. The summed E-state index contributed by atoms with van der Waals surface area (Å²) in [4.78, 5) is 17.1. The van der Waals surface area contributed by atoms with Gasteiger partial charge in [-0.25, -0.2) is 0 Å². The van der Waals surface area contributed by atoms with E-state index in [2.05, 4.69) is 53.6 Å². The number of hydrogen-bond acceptors (Lipinski definition) is 2. The van der Waals surface area contributed by atoms with E-state index < -0.39 is 0 Å². The summed E-state index contributed by atoms with van der Waals surface area (Å²) in [5.74, 6) is 1.29. The van der Waals surface area contributed by atoms with Crippen LogP contribution in [0.25, 0.3) is 10.9 Å². The van der Waals surface area contributed by atoms with Crippen LogP contribution < -0.4 is 5.32 Å². The van der Waals surface area contributed by atoms with Crippen molar-refractivity contribution in [3.63, 3.8) is 0 Å². The molecule has 1 heterocycles. The Hall–Kier alpha value is -2.42. The number of allylic oxidation sites excluding steroid dienone is 3. The van der Waals surface area contributed by atoms with E-state index in [4.69, 9.17) is 0 Å². The average Bonchev–Trinajstić information content (AvgIpc) is 2.80. The normalized spacial score (nSPS) is 22.2. The molecule has 154 valence electrons. The minimum atomic E-state index is 0.0661. The van der Waals surface area contributed by atoms with Gasteiger partial charge in [-0.1, -0.05) is 51.1 Å². The van der Waals surface area contributed by atoms with Crippen molar-refractivity contribution in [2.45, 2.75) is 65.2 Å². The molecule has 1 N–H and O–H groups in total. The Kier molecular flexibility index (Phi) is 7.62. The maximum atomic E-state index is 12.6. The van der Waals surface area contributed by atoms with E-state index in [0.717, 1.165) is 49.7 Å². The summed E-state index contributed by atoms with van der Waals surface area (Å²) < 4.78 is 0. The number of amides is 1. The van der Waals surface area contributed by atoms with Crippen LogP contribution in [0.5, 0.6) is 0 Å². The van der Waals surface area contributed by atoms with E-state index in [1.807, 2.05) is 32.2 Å². The molecule has 1 unspecified atom stereocenters. The standard InChI is InChI=1S/C24H28N2O.C2H6/c1-17(24(27)26-20-7-3-2-4-8-20)18-11-13-19(14-12-18)21-15-16-25-23-10-6-5-9-22(21)23;1-2/h3,5-10,15-19H,2,4,11-14H2,1H3,(H,26,27);1-2H3. The first kappa shape index (κ1) is 21.3. The molecule has 1 aromatic heterocycles. The monoisotopic (exact) mass is 390 g/mol. The van der Waals surface area contributed by atoms with Crippen molar-refractivity contribution in [2.24, 2.45) is 11.8 Å². The Morgan fingerprint density at radius 3 is 2.55 bits per heavy atom. The third-order valence-electron chi connectivity index (χ3n) is 6.28. The molecule has 4 rings (SSSR count). The number of carbonyl (C=O) groups excluding carboxylic acids is 1. The van der Waals surface area contributed by atoms with Crippen LogP contribution in [-0.4, -0.2) is 10.9 Å². The van der Waals surface area contributed by atoms with Gasteiger partial charge in [0.05, 0.1) is 5.52 Å². The molecule has 1 amide bonds. The highest BCUT2D eigenvalue weighted by molar-refractivity contribution is 5.82. The van der Waals surface area contributed by atoms with Crippen molar-refractivity contribution in [2.75, 3.05) is 0 Å². The second-order valence-corrected chi connectivity index (χ2v) is 7.95. The zero-order chi connectivity index (χ0) is 20.6. The van der Waals surface area contributed by atoms with Crippen molar-refractivity contribution >= 4 is 16.8 Å². The first-order chi connectivity index (χ1) is 14.2. The summed E-state index contributed by atoms with van der Waals surface area (Å²) in [6.45, 7) is 6.09. The van der Waals surface area contributed by atoms with Gasteiger partial charge in [-0.05, 0) is 74.1 Å². The fourth-order valence-electron chi connectivity index (χ4n) is 4.58. The zero-order valence-corrected chi connectivity index (χ0v) is 18.0. The van der Waals surface area contributed by atoms with E-state index in [0.29, 0.717) is 11.8 Å². The number of benzene rings is 1. The predicted octanol–water partition coefficient (Wildman–Crippen LogP) is 6.52. The van der Waals surface area contributed by atoms with E-state index in [1.165, 1.54) is 10.9 Å². The minimum Gasteiger partial charge on any atom is -0.326 e. The van der Waals surface area contributed by atoms with Crippen LogP contribution in [0.2, 0.25) is 0 Å². The molecule has 1 atom stereocenters.